The predicted octanol–water partition coefficient (Wildman–Crippen LogP) is 4.93. The van der Waals surface area contributed by atoms with Crippen molar-refractivity contribution in [1.29, 1.82) is 0 Å². The lowest BCUT2D eigenvalue weighted by molar-refractivity contribution is -0.143. The van der Waals surface area contributed by atoms with Crippen LogP contribution in [0.2, 0.25) is 0 Å². The second-order valence-electron chi connectivity index (χ2n) is 6.79. The molecule has 1 atom stereocenters. The highest BCUT2D eigenvalue weighted by atomic mass is 32.1. The number of carboxylic acids is 1. The third kappa shape index (κ3) is 3.37. The number of thiophene rings is 1. The number of hydrogen-bond acceptors (Lipinski definition) is 3. The van der Waals surface area contributed by atoms with Crippen LogP contribution in [0.15, 0.2) is 54.6 Å². The summed E-state index contributed by atoms with van der Waals surface area (Å²) in [6, 6.07) is 17.1. The lowest BCUT2D eigenvalue weighted by Crippen LogP contribution is -2.39. The molecule has 1 aliphatic heterocycles. The fourth-order valence-electron chi connectivity index (χ4n) is 3.77. The minimum absolute atomic E-state index is 0.0437. The van der Waals surface area contributed by atoms with E-state index in [4.69, 9.17) is 0 Å². The van der Waals surface area contributed by atoms with Gasteiger partial charge in [0.25, 0.3) is 0 Å². The van der Waals surface area contributed by atoms with Crippen LogP contribution in [-0.4, -0.2) is 29.1 Å². The quantitative estimate of drug-likeness (QED) is 0.709. The molecule has 2 aromatic carbocycles. The lowest BCUT2D eigenvalue weighted by Gasteiger charge is -2.36. The highest BCUT2D eigenvalue weighted by molar-refractivity contribution is 7.19. The zero-order valence-corrected chi connectivity index (χ0v) is 15.1. The molecule has 1 unspecified atom stereocenters. The van der Waals surface area contributed by atoms with E-state index in [2.05, 4.69) is 23.1 Å². The van der Waals surface area contributed by atoms with Gasteiger partial charge in [0, 0.05) is 9.58 Å². The maximum absolute atomic E-state index is 13.9. The third-order valence-corrected chi connectivity index (χ3v) is 6.29. The van der Waals surface area contributed by atoms with E-state index in [-0.39, 0.29) is 17.8 Å². The number of carbonyl (C=O) groups is 1. The predicted molar refractivity (Wildman–Crippen MR) is 102 cm³/mol. The van der Waals surface area contributed by atoms with E-state index < -0.39 is 5.97 Å². The topological polar surface area (TPSA) is 40.5 Å². The number of rotatable bonds is 4. The number of benzene rings is 2. The summed E-state index contributed by atoms with van der Waals surface area (Å²) >= 11 is 1.73. The number of carboxylic acid groups (broad SMARTS) is 1. The van der Waals surface area contributed by atoms with E-state index in [0.29, 0.717) is 25.9 Å². The Kier molecular flexibility index (Phi) is 4.74. The highest BCUT2D eigenvalue weighted by Gasteiger charge is 2.31. The smallest absolute Gasteiger partial charge is 0.306 e. The van der Waals surface area contributed by atoms with Gasteiger partial charge in [0.2, 0.25) is 0 Å². The second kappa shape index (κ2) is 7.17. The van der Waals surface area contributed by atoms with Gasteiger partial charge in [-0.05, 0) is 61.1 Å². The molecule has 0 saturated carbocycles. The van der Waals surface area contributed by atoms with E-state index >= 15 is 0 Å². The first kappa shape index (κ1) is 17.2. The van der Waals surface area contributed by atoms with Gasteiger partial charge in [-0.15, -0.1) is 11.3 Å². The minimum Gasteiger partial charge on any atom is -0.481 e. The Hall–Kier alpha value is -2.24. The Bertz CT molecular complexity index is 897. The van der Waals surface area contributed by atoms with Crippen LogP contribution in [0.5, 0.6) is 0 Å². The number of likely N-dealkylation sites (tertiary alicyclic amines) is 1. The van der Waals surface area contributed by atoms with Crippen LogP contribution in [0.4, 0.5) is 4.39 Å². The number of piperidine rings is 1. The maximum Gasteiger partial charge on any atom is 0.306 e. The fraction of sp³-hybridized carbons (Fsp3) is 0.286. The Labute approximate surface area is 155 Å². The summed E-state index contributed by atoms with van der Waals surface area (Å²) in [5.74, 6) is -1.23. The normalized spacial score (nSPS) is 17.4. The zero-order valence-electron chi connectivity index (χ0n) is 14.3. The van der Waals surface area contributed by atoms with Crippen LogP contribution in [0, 0.1) is 11.7 Å². The molecule has 4 rings (SSSR count). The van der Waals surface area contributed by atoms with Gasteiger partial charge in [-0.1, -0.05) is 30.3 Å². The van der Waals surface area contributed by atoms with Crippen LogP contribution in [0.25, 0.3) is 10.1 Å². The standard InChI is InChI=1S/C21H20FNO2S/c22-17-6-3-5-16(12-17)20(23-10-8-14(9-11-23)21(24)25)19-13-15-4-1-2-7-18(15)26-19/h1-7,12-14,20H,8-11H2,(H,24,25). The number of nitrogens with zero attached hydrogens (tertiary/aromatic N) is 1. The van der Waals surface area contributed by atoms with Crippen molar-refractivity contribution in [3.8, 4) is 0 Å². The van der Waals surface area contributed by atoms with E-state index in [0.717, 1.165) is 5.56 Å². The summed E-state index contributed by atoms with van der Waals surface area (Å²) < 4.78 is 15.1. The molecule has 1 fully saturated rings. The molecular formula is C21H20FNO2S. The second-order valence-corrected chi connectivity index (χ2v) is 7.91. The molecule has 2 heterocycles. The summed E-state index contributed by atoms with van der Waals surface area (Å²) in [7, 11) is 0. The van der Waals surface area contributed by atoms with Gasteiger partial charge in [-0.2, -0.15) is 0 Å². The minimum atomic E-state index is -0.714. The van der Waals surface area contributed by atoms with Gasteiger partial charge < -0.3 is 5.11 Å². The van der Waals surface area contributed by atoms with Gasteiger partial charge in [0.05, 0.1) is 12.0 Å². The van der Waals surface area contributed by atoms with Gasteiger partial charge in [0.1, 0.15) is 5.82 Å². The number of fused-ring (bicyclic) bond motifs is 1. The van der Waals surface area contributed by atoms with E-state index in [1.807, 2.05) is 18.2 Å². The van der Waals surface area contributed by atoms with Crippen LogP contribution in [0.1, 0.15) is 29.3 Å². The SMILES string of the molecule is O=C(O)C1CCN(C(c2cccc(F)c2)c2cc3ccccc3s2)CC1. The van der Waals surface area contributed by atoms with Crippen molar-refractivity contribution in [2.45, 2.75) is 18.9 Å². The monoisotopic (exact) mass is 369 g/mol. The first-order chi connectivity index (χ1) is 12.6. The summed E-state index contributed by atoms with van der Waals surface area (Å²) in [6.45, 7) is 1.40. The maximum atomic E-state index is 13.9. The van der Waals surface area contributed by atoms with E-state index in [9.17, 15) is 14.3 Å². The molecule has 0 bridgehead atoms. The summed E-state index contributed by atoms with van der Waals surface area (Å²) in [5, 5.41) is 10.5. The van der Waals surface area contributed by atoms with Crippen molar-refractivity contribution < 1.29 is 14.3 Å². The molecule has 134 valence electrons. The molecule has 3 aromatic rings. The molecule has 26 heavy (non-hydrogen) atoms. The van der Waals surface area contributed by atoms with Crippen molar-refractivity contribution in [3.63, 3.8) is 0 Å². The van der Waals surface area contributed by atoms with Gasteiger partial charge >= 0.3 is 5.97 Å². The van der Waals surface area contributed by atoms with Crippen LogP contribution in [-0.2, 0) is 4.79 Å². The van der Waals surface area contributed by atoms with Crippen LogP contribution < -0.4 is 0 Å². The molecule has 0 aliphatic carbocycles. The molecule has 0 amide bonds. The number of aliphatic carboxylic acids is 1. The highest BCUT2D eigenvalue weighted by Crippen LogP contribution is 2.38. The molecule has 5 heteroatoms. The molecule has 1 aliphatic rings. The molecule has 0 radical (unpaired) electrons. The fourth-order valence-corrected chi connectivity index (χ4v) is 5.00. The number of hydrogen-bond donors (Lipinski definition) is 1. The average Bonchev–Trinajstić information content (AvgIpc) is 3.06. The first-order valence-corrected chi connectivity index (χ1v) is 9.64. The van der Waals surface area contributed by atoms with Crippen molar-refractivity contribution in [3.05, 3.63) is 70.9 Å². The summed E-state index contributed by atoms with van der Waals surface area (Å²) in [4.78, 5) is 14.7. The van der Waals surface area contributed by atoms with E-state index in [1.54, 1.807) is 23.5 Å². The van der Waals surface area contributed by atoms with Crippen LogP contribution >= 0.6 is 11.3 Å². The molecular weight excluding hydrogens is 349 g/mol. The van der Waals surface area contributed by atoms with Crippen molar-refractivity contribution in [2.75, 3.05) is 13.1 Å². The Morgan fingerprint density at radius 1 is 1.12 bits per heavy atom. The lowest BCUT2D eigenvalue weighted by atomic mass is 9.93. The molecule has 0 spiro atoms. The van der Waals surface area contributed by atoms with Gasteiger partial charge in [-0.25, -0.2) is 4.39 Å². The summed E-state index contributed by atoms with van der Waals surface area (Å²) in [6.07, 6.45) is 1.26. The number of halogens is 1. The largest absolute Gasteiger partial charge is 0.481 e. The Morgan fingerprint density at radius 2 is 1.88 bits per heavy atom. The van der Waals surface area contributed by atoms with Gasteiger partial charge in [0.15, 0.2) is 0 Å². The molecule has 1 N–H and O–H groups in total. The van der Waals surface area contributed by atoms with Crippen molar-refractivity contribution >= 4 is 27.4 Å². The molecule has 1 aromatic heterocycles. The Balaban J connectivity index is 1.71. The molecule has 3 nitrogen and oxygen atoms in total. The first-order valence-electron chi connectivity index (χ1n) is 8.82. The van der Waals surface area contributed by atoms with Crippen LogP contribution in [0.3, 0.4) is 0 Å². The average molecular weight is 369 g/mol. The third-order valence-electron chi connectivity index (χ3n) is 5.12. The molecule has 1 saturated heterocycles. The van der Waals surface area contributed by atoms with Gasteiger partial charge in [-0.3, -0.25) is 9.69 Å². The summed E-state index contributed by atoms with van der Waals surface area (Å²) in [5.41, 5.74) is 0.922. The zero-order chi connectivity index (χ0) is 18.1. The van der Waals surface area contributed by atoms with Crippen molar-refractivity contribution in [2.24, 2.45) is 5.92 Å². The van der Waals surface area contributed by atoms with Crippen molar-refractivity contribution in [1.82, 2.24) is 4.90 Å². The van der Waals surface area contributed by atoms with E-state index in [1.165, 1.54) is 21.0 Å². The Morgan fingerprint density at radius 3 is 2.58 bits per heavy atom.